The van der Waals surface area contributed by atoms with Gasteiger partial charge in [-0.1, -0.05) is 203 Å². The van der Waals surface area contributed by atoms with Crippen molar-refractivity contribution < 1.29 is 37.1 Å². The molecule has 70 heavy (non-hydrogen) atoms. The maximum atomic E-state index is 12.6. The van der Waals surface area contributed by atoms with E-state index in [0.29, 0.717) is 33.6 Å². The van der Waals surface area contributed by atoms with Crippen molar-refractivity contribution in [1.82, 2.24) is 14.5 Å². The predicted molar refractivity (Wildman–Crippen MR) is 292 cm³/mol. The van der Waals surface area contributed by atoms with Crippen molar-refractivity contribution in [3.8, 4) is 78.6 Å². The van der Waals surface area contributed by atoms with Crippen molar-refractivity contribution in [3.05, 3.63) is 192 Å². The summed E-state index contributed by atoms with van der Waals surface area (Å²) in [6.45, 7) is 27.8. The van der Waals surface area contributed by atoms with E-state index in [1.165, 1.54) is 5.56 Å². The van der Waals surface area contributed by atoms with Gasteiger partial charge in [0.15, 0.2) is 0 Å². The minimum absolute atomic E-state index is 0. The Balaban J connectivity index is 0.00000803. The number of aryl methyl sites for hydroxylation is 1. The maximum absolute atomic E-state index is 12.6. The van der Waals surface area contributed by atoms with Crippen molar-refractivity contribution in [2.75, 3.05) is 0 Å². The zero-order chi connectivity index (χ0) is 56.2. The number of phenolic OH excluding ortho intramolecular Hbond substituents is 1. The summed E-state index contributed by atoms with van der Waals surface area (Å²) in [5.74, 6) is 0.675. The fourth-order valence-electron chi connectivity index (χ4n) is 9.18. The fourth-order valence-corrected chi connectivity index (χ4v) is 9.18. The van der Waals surface area contributed by atoms with Gasteiger partial charge in [-0.2, -0.15) is 0 Å². The first-order valence-electron chi connectivity index (χ1n) is 27.7. The molecule has 4 nitrogen and oxygen atoms in total. The van der Waals surface area contributed by atoms with Gasteiger partial charge in [-0.05, 0) is 109 Å². The molecule has 2 aromatic heterocycles. The number of fused-ring (bicyclic) bond motifs is 1. The first-order valence-corrected chi connectivity index (χ1v) is 23.7. The van der Waals surface area contributed by atoms with Crippen LogP contribution in [0.1, 0.15) is 122 Å². The molecule has 0 aliphatic carbocycles. The molecule has 0 radical (unpaired) electrons. The largest absolute Gasteiger partial charge is 0.507 e. The van der Waals surface area contributed by atoms with Gasteiger partial charge in [0, 0.05) is 38.5 Å². The topological polar surface area (TPSA) is 50.9 Å². The van der Waals surface area contributed by atoms with Crippen LogP contribution in [0, 0.1) is 13.0 Å². The van der Waals surface area contributed by atoms with Crippen LogP contribution >= 0.6 is 0 Å². The van der Waals surface area contributed by atoms with Gasteiger partial charge >= 0.3 is 0 Å². The Hall–Kier alpha value is -6.35. The van der Waals surface area contributed by atoms with E-state index >= 15 is 0 Å². The van der Waals surface area contributed by atoms with Crippen LogP contribution in [0.4, 0.5) is 0 Å². The van der Waals surface area contributed by atoms with Crippen LogP contribution in [-0.2, 0) is 42.7 Å². The molecule has 0 aliphatic heterocycles. The Morgan fingerprint density at radius 2 is 1.20 bits per heavy atom. The van der Waals surface area contributed by atoms with Gasteiger partial charge < -0.3 is 5.11 Å². The Bertz CT molecular complexity index is 3830. The molecule has 7 aromatic carbocycles. The molecule has 0 saturated carbocycles. The van der Waals surface area contributed by atoms with Gasteiger partial charge in [0.05, 0.1) is 33.3 Å². The molecule has 0 atom stereocenters. The fraction of sp³-hybridized carbons (Fsp3) is 0.262. The summed E-state index contributed by atoms with van der Waals surface area (Å²) >= 11 is 0. The molecular weight excluding hydrogens is 1030 g/mol. The Morgan fingerprint density at radius 1 is 0.557 bits per heavy atom. The number of hydrogen-bond donors (Lipinski definition) is 1. The predicted octanol–water partition coefficient (Wildman–Crippen LogP) is 17.4. The van der Waals surface area contributed by atoms with Crippen molar-refractivity contribution in [2.24, 2.45) is 0 Å². The minimum Gasteiger partial charge on any atom is -0.507 e. The minimum atomic E-state index is -0.609. The zero-order valence-electron chi connectivity index (χ0n) is 50.5. The van der Waals surface area contributed by atoms with E-state index in [0.717, 1.165) is 55.7 Å². The average Bonchev–Trinajstić information content (AvgIpc) is 3.91. The average molecular weight is 1110 g/mol. The zero-order valence-corrected chi connectivity index (χ0v) is 44.8. The van der Waals surface area contributed by atoms with Gasteiger partial charge in [-0.3, -0.25) is 9.55 Å². The number of rotatable bonds is 7. The van der Waals surface area contributed by atoms with Crippen LogP contribution in [-0.4, -0.2) is 19.6 Å². The van der Waals surface area contributed by atoms with E-state index in [-0.39, 0.29) is 60.5 Å². The van der Waals surface area contributed by atoms with Crippen LogP contribution in [0.2, 0.25) is 0 Å². The van der Waals surface area contributed by atoms with Gasteiger partial charge in [-0.25, -0.2) is 4.98 Å². The van der Waals surface area contributed by atoms with Crippen LogP contribution in [0.3, 0.4) is 0 Å². The van der Waals surface area contributed by atoms with Crippen LogP contribution in [0.15, 0.2) is 158 Å². The molecule has 0 spiro atoms. The number of nitrogens with zero attached hydrogens (tertiary/aromatic N) is 3. The number of pyridine rings is 1. The normalized spacial score (nSPS) is 13.9. The molecule has 9 aromatic rings. The second-order valence-electron chi connectivity index (χ2n) is 22.4. The summed E-state index contributed by atoms with van der Waals surface area (Å²) < 4.78 is 72.1. The molecule has 1 N–H and O–H groups in total. The summed E-state index contributed by atoms with van der Waals surface area (Å²) in [4.78, 5) is 10.1. The molecule has 0 amide bonds. The third-order valence-corrected chi connectivity index (χ3v) is 13.0. The van der Waals surface area contributed by atoms with E-state index in [2.05, 4.69) is 178 Å². The Morgan fingerprint density at radius 3 is 1.86 bits per heavy atom. The monoisotopic (exact) mass is 1110 g/mol. The summed E-state index contributed by atoms with van der Waals surface area (Å²) in [7, 11) is 0. The summed E-state index contributed by atoms with van der Waals surface area (Å²) in [6.07, 6.45) is -0.522. The molecule has 0 unspecified atom stereocenters. The SMILES string of the molecule is [2H]c1nc(-c2[c-]c(-c3cccc4c3nc(-c3cc(C(C)(C)C)cc(C(C)(C)C)c3O)n4-c3ccc(-c4c(-c5ccccc5)cccc4C(C)(C)C)cc3C)cc(C(C)(C)C)c2)c([2H])c(-c2c([2H])c([2H])c([2H])c([2H])c2[2H])c1[2H].[Pt]. The van der Waals surface area contributed by atoms with E-state index in [9.17, 15) is 6.48 Å². The molecule has 9 rings (SSSR count). The van der Waals surface area contributed by atoms with Crippen LogP contribution < -0.4 is 0 Å². The van der Waals surface area contributed by atoms with E-state index < -0.39 is 53.3 Å². The molecule has 2 heterocycles. The van der Waals surface area contributed by atoms with Crippen molar-refractivity contribution >= 4 is 11.0 Å². The summed E-state index contributed by atoms with van der Waals surface area (Å²) in [5, 5.41) is 12.6. The Labute approximate surface area is 442 Å². The van der Waals surface area contributed by atoms with Gasteiger partial charge in [0.25, 0.3) is 0 Å². The molecule has 0 bridgehead atoms. The third-order valence-electron chi connectivity index (χ3n) is 13.0. The molecule has 358 valence electrons. The molecular formula is C65H66N3OPt-. The van der Waals surface area contributed by atoms with Gasteiger partial charge in [-0.15, -0.1) is 29.3 Å². The number of para-hydroxylation sites is 1. The van der Waals surface area contributed by atoms with Crippen LogP contribution in [0.25, 0.3) is 83.9 Å². The smallest absolute Gasteiger partial charge is 0.148 e. The maximum Gasteiger partial charge on any atom is 0.148 e. The third kappa shape index (κ3) is 9.73. The van der Waals surface area contributed by atoms with Gasteiger partial charge in [0.1, 0.15) is 11.6 Å². The molecule has 0 saturated heterocycles. The van der Waals surface area contributed by atoms with Crippen molar-refractivity contribution in [2.45, 2.75) is 112 Å². The number of phenols is 1. The number of imidazole rings is 1. The number of benzene rings is 7. The van der Waals surface area contributed by atoms with Crippen molar-refractivity contribution in [3.63, 3.8) is 0 Å². The molecule has 0 aliphatic rings. The summed E-state index contributed by atoms with van der Waals surface area (Å²) in [5.41, 5.74) is 11.8. The number of aromatic nitrogens is 3. The second kappa shape index (κ2) is 18.8. The van der Waals surface area contributed by atoms with E-state index in [1.54, 1.807) is 0 Å². The first-order chi connectivity index (χ1) is 35.9. The van der Waals surface area contributed by atoms with Gasteiger partial charge in [0.2, 0.25) is 0 Å². The number of aromatic hydroxyl groups is 1. The van der Waals surface area contributed by atoms with Crippen LogP contribution in [0.5, 0.6) is 5.75 Å². The molecule has 5 heteroatoms. The van der Waals surface area contributed by atoms with E-state index in [1.807, 2.05) is 36.4 Å². The quantitative estimate of drug-likeness (QED) is 0.162. The Kier molecular flexibility index (Phi) is 10.8. The first kappa shape index (κ1) is 40.4. The number of hydrogen-bond acceptors (Lipinski definition) is 3. The standard InChI is InChI=1S/C65H66N3O.Pt/c1-41-34-45(58-50(43-24-18-15-19-25-43)26-20-28-53(58)64(8,9)10)30-31-56(41)68-57-29-21-27-51(59(57)67-61(68)52-39-49(63(5,6)7)40-54(60(52)69)65(11,12)13)46-35-47(37-48(36-46)62(2,3)4)55-38-44(32-33-66-55)42-22-16-14-17-23-42;/h14-34,36-40,69H,1-13H3;/q-1;/i14D,16D,17D,22D,23D,32D,33D,38D;. The van der Waals surface area contributed by atoms with Crippen molar-refractivity contribution in [1.29, 1.82) is 0 Å². The molecule has 0 fully saturated rings. The second-order valence-corrected chi connectivity index (χ2v) is 22.4. The van der Waals surface area contributed by atoms with E-state index in [4.69, 9.17) is 14.6 Å². The summed E-state index contributed by atoms with van der Waals surface area (Å²) in [6, 6.07) is 37.3.